The molecule has 3 heterocycles. The molecule has 0 saturated heterocycles. The van der Waals surface area contributed by atoms with Crippen LogP contribution in [0.25, 0.3) is 17.0 Å². The fourth-order valence-electron chi connectivity index (χ4n) is 1.50. The Morgan fingerprint density at radius 1 is 1.12 bits per heavy atom. The van der Waals surface area contributed by atoms with Gasteiger partial charge in [0.1, 0.15) is 12.7 Å². The van der Waals surface area contributed by atoms with Crippen LogP contribution in [0, 0.1) is 0 Å². The van der Waals surface area contributed by atoms with Gasteiger partial charge in [0.25, 0.3) is 0 Å². The van der Waals surface area contributed by atoms with Gasteiger partial charge in [-0.25, -0.2) is 4.98 Å². The third kappa shape index (κ3) is 1.13. The normalized spacial score (nSPS) is 11.1. The van der Waals surface area contributed by atoms with E-state index in [1.165, 1.54) is 12.7 Å². The van der Waals surface area contributed by atoms with Gasteiger partial charge in [-0.2, -0.15) is 9.97 Å². The largest absolute Gasteiger partial charge is 0.368 e. The molecule has 0 saturated carbocycles. The number of imidazole rings is 1. The van der Waals surface area contributed by atoms with Gasteiger partial charge in [-0.3, -0.25) is 4.57 Å². The molecule has 8 heteroatoms. The van der Waals surface area contributed by atoms with Gasteiger partial charge in [0.15, 0.2) is 17.0 Å². The molecule has 0 atom stereocenters. The van der Waals surface area contributed by atoms with Crippen molar-refractivity contribution < 1.29 is 0 Å². The summed E-state index contributed by atoms with van der Waals surface area (Å²) in [6, 6.07) is 0. The number of hydrogen-bond acceptors (Lipinski definition) is 6. The van der Waals surface area contributed by atoms with Gasteiger partial charge in [0.2, 0.25) is 5.95 Å². The summed E-state index contributed by atoms with van der Waals surface area (Å²) < 4.78 is 3.43. The maximum absolute atomic E-state index is 5.64. The number of hydrogen-bond donors (Lipinski definition) is 1. The van der Waals surface area contributed by atoms with Crippen molar-refractivity contribution in [2.45, 2.75) is 0 Å². The monoisotopic (exact) mass is 216 g/mol. The Balaban J connectivity index is 2.39. The minimum Gasteiger partial charge on any atom is -0.368 e. The zero-order valence-electron chi connectivity index (χ0n) is 8.44. The van der Waals surface area contributed by atoms with Crippen LogP contribution < -0.4 is 5.73 Å². The van der Waals surface area contributed by atoms with Gasteiger partial charge in [-0.15, -0.1) is 10.2 Å². The number of aromatic nitrogens is 7. The van der Waals surface area contributed by atoms with Crippen molar-refractivity contribution in [1.82, 2.24) is 34.3 Å². The van der Waals surface area contributed by atoms with Gasteiger partial charge >= 0.3 is 0 Å². The first-order valence-corrected chi connectivity index (χ1v) is 4.55. The lowest BCUT2D eigenvalue weighted by atomic mass is 10.5. The number of rotatable bonds is 1. The first-order chi connectivity index (χ1) is 7.75. The summed E-state index contributed by atoms with van der Waals surface area (Å²) in [5, 5.41) is 7.44. The smallest absolute Gasteiger partial charge is 0.224 e. The summed E-state index contributed by atoms with van der Waals surface area (Å²) in [5.41, 5.74) is 6.98. The van der Waals surface area contributed by atoms with Crippen molar-refractivity contribution in [1.29, 1.82) is 0 Å². The summed E-state index contributed by atoms with van der Waals surface area (Å²) in [6.45, 7) is 0. The maximum Gasteiger partial charge on any atom is 0.224 e. The van der Waals surface area contributed by atoms with E-state index in [1.54, 1.807) is 15.5 Å². The molecule has 2 N–H and O–H groups in total. The van der Waals surface area contributed by atoms with E-state index in [1.807, 2.05) is 7.05 Å². The second kappa shape index (κ2) is 2.99. The maximum atomic E-state index is 5.64. The second-order valence-corrected chi connectivity index (χ2v) is 3.30. The van der Waals surface area contributed by atoms with Gasteiger partial charge in [0.05, 0.1) is 6.33 Å². The van der Waals surface area contributed by atoms with E-state index < -0.39 is 0 Å². The fourth-order valence-corrected chi connectivity index (χ4v) is 1.50. The van der Waals surface area contributed by atoms with E-state index in [9.17, 15) is 0 Å². The average molecular weight is 216 g/mol. The van der Waals surface area contributed by atoms with Crippen molar-refractivity contribution in [3.8, 4) is 5.82 Å². The zero-order valence-corrected chi connectivity index (χ0v) is 8.44. The molecule has 0 aromatic carbocycles. The Morgan fingerprint density at radius 2 is 1.88 bits per heavy atom. The van der Waals surface area contributed by atoms with Crippen LogP contribution in [0.2, 0.25) is 0 Å². The van der Waals surface area contributed by atoms with Gasteiger partial charge < -0.3 is 10.3 Å². The highest BCUT2D eigenvalue weighted by molar-refractivity contribution is 5.79. The Morgan fingerprint density at radius 3 is 2.62 bits per heavy atom. The summed E-state index contributed by atoms with van der Waals surface area (Å²) in [5.74, 6) is 0.771. The van der Waals surface area contributed by atoms with E-state index in [-0.39, 0.29) is 5.95 Å². The molecule has 0 radical (unpaired) electrons. The molecule has 3 aromatic rings. The lowest BCUT2D eigenvalue weighted by Crippen LogP contribution is -2.03. The number of fused-ring (bicyclic) bond motifs is 1. The molecule has 0 amide bonds. The highest BCUT2D eigenvalue weighted by atomic mass is 15.3. The molecule has 0 bridgehead atoms. The molecular formula is C8H8N8. The van der Waals surface area contributed by atoms with Crippen LogP contribution in [0.3, 0.4) is 0 Å². The number of aryl methyl sites for hydroxylation is 1. The lowest BCUT2D eigenvalue weighted by molar-refractivity contribution is 0.926. The third-order valence-corrected chi connectivity index (χ3v) is 2.22. The van der Waals surface area contributed by atoms with Crippen LogP contribution in [-0.4, -0.2) is 34.3 Å². The summed E-state index contributed by atoms with van der Waals surface area (Å²) in [4.78, 5) is 12.5. The van der Waals surface area contributed by atoms with Crippen molar-refractivity contribution in [3.05, 3.63) is 19.0 Å². The lowest BCUT2D eigenvalue weighted by Gasteiger charge is -2.02. The van der Waals surface area contributed by atoms with Crippen LogP contribution in [0.4, 0.5) is 5.95 Å². The summed E-state index contributed by atoms with van der Waals surface area (Å²) in [7, 11) is 1.84. The standard InChI is InChI=1S/C8H8N8/c1-15-2-10-5-6(15)13-8(9)14-7(5)16-3-11-12-4-16/h2-4H,1H3,(H2,9,13,14). The Bertz CT molecular complexity index is 637. The molecule has 0 fully saturated rings. The first-order valence-electron chi connectivity index (χ1n) is 4.55. The predicted molar refractivity (Wildman–Crippen MR) is 55.6 cm³/mol. The molecule has 16 heavy (non-hydrogen) atoms. The molecular weight excluding hydrogens is 208 g/mol. The molecule has 0 aliphatic carbocycles. The molecule has 80 valence electrons. The molecule has 3 aromatic heterocycles. The van der Waals surface area contributed by atoms with Crippen LogP contribution in [0.1, 0.15) is 0 Å². The summed E-state index contributed by atoms with van der Waals surface area (Å²) >= 11 is 0. The highest BCUT2D eigenvalue weighted by Crippen LogP contribution is 2.17. The third-order valence-electron chi connectivity index (χ3n) is 2.22. The topological polar surface area (TPSA) is 100 Å². The van der Waals surface area contributed by atoms with Crippen molar-refractivity contribution in [2.24, 2.45) is 7.05 Å². The van der Waals surface area contributed by atoms with E-state index in [0.29, 0.717) is 17.0 Å². The Labute approximate surface area is 89.8 Å². The van der Waals surface area contributed by atoms with Gasteiger partial charge in [-0.05, 0) is 0 Å². The van der Waals surface area contributed by atoms with E-state index >= 15 is 0 Å². The van der Waals surface area contributed by atoms with Crippen LogP contribution in [0.15, 0.2) is 19.0 Å². The Hall–Kier alpha value is -2.51. The number of nitrogen functional groups attached to an aromatic ring is 1. The van der Waals surface area contributed by atoms with Crippen LogP contribution in [0.5, 0.6) is 0 Å². The van der Waals surface area contributed by atoms with Crippen LogP contribution >= 0.6 is 0 Å². The highest BCUT2D eigenvalue weighted by Gasteiger charge is 2.11. The summed E-state index contributed by atoms with van der Waals surface area (Å²) in [6.07, 6.45) is 4.73. The first kappa shape index (κ1) is 8.77. The van der Waals surface area contributed by atoms with Crippen LogP contribution in [-0.2, 0) is 7.05 Å². The molecule has 3 rings (SSSR count). The van der Waals surface area contributed by atoms with E-state index in [2.05, 4.69) is 25.1 Å². The van der Waals surface area contributed by atoms with Crippen molar-refractivity contribution in [3.63, 3.8) is 0 Å². The number of nitrogens with two attached hydrogens (primary N) is 1. The zero-order chi connectivity index (χ0) is 11.1. The molecule has 0 aliphatic heterocycles. The molecule has 0 spiro atoms. The van der Waals surface area contributed by atoms with Gasteiger partial charge in [-0.1, -0.05) is 0 Å². The number of anilines is 1. The van der Waals surface area contributed by atoms with Crippen molar-refractivity contribution >= 4 is 17.1 Å². The molecule has 8 nitrogen and oxygen atoms in total. The van der Waals surface area contributed by atoms with E-state index in [4.69, 9.17) is 5.73 Å². The second-order valence-electron chi connectivity index (χ2n) is 3.30. The minimum absolute atomic E-state index is 0.194. The number of nitrogens with zero attached hydrogens (tertiary/aromatic N) is 7. The molecule has 0 unspecified atom stereocenters. The SMILES string of the molecule is Cn1cnc2c(-n3cnnc3)nc(N)nc21. The minimum atomic E-state index is 0.194. The van der Waals surface area contributed by atoms with E-state index in [0.717, 1.165) is 0 Å². The fraction of sp³-hybridized carbons (Fsp3) is 0.125. The van der Waals surface area contributed by atoms with Crippen molar-refractivity contribution in [2.75, 3.05) is 5.73 Å². The molecule has 0 aliphatic rings. The van der Waals surface area contributed by atoms with Gasteiger partial charge in [0, 0.05) is 7.05 Å². The quantitative estimate of drug-likeness (QED) is 0.590. The Kier molecular flexibility index (Phi) is 1.64. The average Bonchev–Trinajstić information content (AvgIpc) is 2.88. The predicted octanol–water partition coefficient (Wildman–Crippen LogP) is -0.474.